The molecule has 1 atom stereocenters. The van der Waals surface area contributed by atoms with Crippen LogP contribution < -0.4 is 10.6 Å². The first-order valence-corrected chi connectivity index (χ1v) is 11.0. The lowest BCUT2D eigenvalue weighted by atomic mass is 9.49. The molecule has 5 aliphatic rings. The maximum Gasteiger partial charge on any atom is 0.191 e. The van der Waals surface area contributed by atoms with Crippen LogP contribution in [0.1, 0.15) is 44.9 Å². The highest BCUT2D eigenvalue weighted by Gasteiger charge is 2.50. The van der Waals surface area contributed by atoms with Crippen LogP contribution in [0.2, 0.25) is 0 Å². The fraction of sp³-hybridized carbons (Fsp3) is 0.941. The average Bonchev–Trinajstić information content (AvgIpc) is 2.81. The van der Waals surface area contributed by atoms with Crippen molar-refractivity contribution in [1.29, 1.82) is 0 Å². The van der Waals surface area contributed by atoms with Gasteiger partial charge in [0, 0.05) is 19.6 Å². The maximum atomic E-state index is 11.6. The third-order valence-corrected chi connectivity index (χ3v) is 8.36. The van der Waals surface area contributed by atoms with Gasteiger partial charge in [0.1, 0.15) is 0 Å². The van der Waals surface area contributed by atoms with E-state index in [0.717, 1.165) is 30.3 Å². The average molecular weight is 467 g/mol. The Morgan fingerprint density at radius 1 is 1.12 bits per heavy atom. The molecule has 0 aromatic heterocycles. The first-order chi connectivity index (χ1) is 11.0. The van der Waals surface area contributed by atoms with E-state index in [1.54, 1.807) is 7.05 Å². The minimum Gasteiger partial charge on any atom is -0.356 e. The first-order valence-electron chi connectivity index (χ1n) is 9.13. The van der Waals surface area contributed by atoms with Gasteiger partial charge in [-0.3, -0.25) is 4.99 Å². The molecule has 0 spiro atoms. The quantitative estimate of drug-likeness (QED) is 0.379. The second-order valence-electron chi connectivity index (χ2n) is 8.59. The fourth-order valence-corrected chi connectivity index (χ4v) is 7.75. The van der Waals surface area contributed by atoms with E-state index in [1.165, 1.54) is 38.5 Å². The molecule has 138 valence electrons. The number of sulfone groups is 1. The van der Waals surface area contributed by atoms with E-state index in [-0.39, 0.29) is 35.8 Å². The largest absolute Gasteiger partial charge is 0.356 e. The molecule has 5 fully saturated rings. The molecule has 2 N–H and O–H groups in total. The summed E-state index contributed by atoms with van der Waals surface area (Å²) in [4.78, 5) is 4.32. The number of nitrogens with zero attached hydrogens (tertiary/aromatic N) is 1. The summed E-state index contributed by atoms with van der Waals surface area (Å²) in [5, 5.41) is 6.84. The van der Waals surface area contributed by atoms with Gasteiger partial charge in [0.2, 0.25) is 0 Å². The van der Waals surface area contributed by atoms with Crippen LogP contribution in [0.25, 0.3) is 0 Å². The van der Waals surface area contributed by atoms with E-state index in [1.807, 2.05) is 0 Å². The number of hydrogen-bond donors (Lipinski definition) is 2. The monoisotopic (exact) mass is 467 g/mol. The summed E-state index contributed by atoms with van der Waals surface area (Å²) in [6, 6.07) is 0.0163. The van der Waals surface area contributed by atoms with Gasteiger partial charge in [0.05, 0.1) is 11.5 Å². The molecule has 1 unspecified atom stereocenters. The second kappa shape index (κ2) is 6.93. The van der Waals surface area contributed by atoms with Crippen molar-refractivity contribution in [2.75, 3.05) is 25.1 Å². The van der Waals surface area contributed by atoms with Crippen LogP contribution >= 0.6 is 24.0 Å². The molecular weight excluding hydrogens is 437 g/mol. The Morgan fingerprint density at radius 3 is 2.17 bits per heavy atom. The van der Waals surface area contributed by atoms with E-state index in [4.69, 9.17) is 0 Å². The van der Waals surface area contributed by atoms with Crippen LogP contribution in [0.4, 0.5) is 0 Å². The molecule has 1 heterocycles. The Bertz CT molecular complexity index is 570. The first kappa shape index (κ1) is 18.7. The topological polar surface area (TPSA) is 70.6 Å². The molecule has 5 rings (SSSR count). The van der Waals surface area contributed by atoms with Crippen molar-refractivity contribution in [3.05, 3.63) is 0 Å². The van der Waals surface area contributed by atoms with E-state index >= 15 is 0 Å². The van der Waals surface area contributed by atoms with Crippen LogP contribution in [0.3, 0.4) is 0 Å². The molecule has 5 nitrogen and oxygen atoms in total. The maximum absolute atomic E-state index is 11.6. The minimum absolute atomic E-state index is 0. The Hall–Kier alpha value is -0.0500. The second-order valence-corrected chi connectivity index (χ2v) is 10.8. The van der Waals surface area contributed by atoms with E-state index < -0.39 is 9.84 Å². The van der Waals surface area contributed by atoms with Crippen LogP contribution in [0.15, 0.2) is 4.99 Å². The van der Waals surface area contributed by atoms with Gasteiger partial charge in [0.25, 0.3) is 0 Å². The third-order valence-electron chi connectivity index (χ3n) is 6.59. The Labute approximate surface area is 162 Å². The number of halogens is 1. The summed E-state index contributed by atoms with van der Waals surface area (Å²) in [6.45, 7) is 0.996. The van der Waals surface area contributed by atoms with Gasteiger partial charge in [-0.1, -0.05) is 0 Å². The van der Waals surface area contributed by atoms with Gasteiger partial charge in [0.15, 0.2) is 15.8 Å². The van der Waals surface area contributed by atoms with E-state index in [9.17, 15) is 8.42 Å². The standard InChI is InChI=1S/C17H29N3O2S.HI/c1-18-16(20-15-2-3-23(21,22)10-15)19-11-17-7-12-4-13(8-17)6-14(5-12)9-17;/h12-15H,2-11H2,1H3,(H2,18,19,20);1H. The molecule has 24 heavy (non-hydrogen) atoms. The molecule has 1 aliphatic heterocycles. The molecule has 0 aromatic rings. The zero-order valence-electron chi connectivity index (χ0n) is 14.5. The van der Waals surface area contributed by atoms with Crippen LogP contribution in [0.5, 0.6) is 0 Å². The fourth-order valence-electron chi connectivity index (χ4n) is 6.07. The normalized spacial score (nSPS) is 42.6. The van der Waals surface area contributed by atoms with Gasteiger partial charge >= 0.3 is 0 Å². The SMILES string of the molecule is CN=C(NCC12CC3CC(CC(C3)C1)C2)NC1CCS(=O)(=O)C1.I. The molecule has 4 saturated carbocycles. The molecule has 1 saturated heterocycles. The number of rotatable bonds is 3. The highest BCUT2D eigenvalue weighted by molar-refractivity contribution is 14.0. The summed E-state index contributed by atoms with van der Waals surface area (Å²) in [5.41, 5.74) is 0.466. The molecule has 7 heteroatoms. The van der Waals surface area contributed by atoms with Gasteiger partial charge < -0.3 is 10.6 Å². The van der Waals surface area contributed by atoms with E-state index in [0.29, 0.717) is 17.6 Å². The van der Waals surface area contributed by atoms with Crippen molar-refractivity contribution in [2.45, 2.75) is 51.0 Å². The molecule has 4 aliphatic carbocycles. The summed E-state index contributed by atoms with van der Waals surface area (Å²) in [7, 11) is -1.07. The zero-order chi connectivity index (χ0) is 16.1. The van der Waals surface area contributed by atoms with E-state index in [2.05, 4.69) is 15.6 Å². The zero-order valence-corrected chi connectivity index (χ0v) is 17.6. The molecule has 0 radical (unpaired) electrons. The third kappa shape index (κ3) is 3.86. The smallest absolute Gasteiger partial charge is 0.191 e. The van der Waals surface area contributed by atoms with Crippen molar-refractivity contribution < 1.29 is 8.42 Å². The van der Waals surface area contributed by atoms with Gasteiger partial charge in [-0.25, -0.2) is 8.42 Å². The summed E-state index contributed by atoms with van der Waals surface area (Å²) in [6.07, 6.45) is 9.22. The Kier molecular flexibility index (Phi) is 5.41. The highest BCUT2D eigenvalue weighted by Crippen LogP contribution is 2.59. The summed E-state index contributed by atoms with van der Waals surface area (Å²) in [5.74, 6) is 4.19. The van der Waals surface area contributed by atoms with Crippen LogP contribution in [-0.2, 0) is 9.84 Å². The number of nitrogens with one attached hydrogen (secondary N) is 2. The van der Waals surface area contributed by atoms with Crippen molar-refractivity contribution >= 4 is 39.8 Å². The lowest BCUT2D eigenvalue weighted by Gasteiger charge is -2.57. The van der Waals surface area contributed by atoms with Gasteiger partial charge in [-0.2, -0.15) is 0 Å². The Balaban J connectivity index is 0.00000169. The van der Waals surface area contributed by atoms with Gasteiger partial charge in [-0.05, 0) is 68.1 Å². The number of hydrogen-bond acceptors (Lipinski definition) is 3. The van der Waals surface area contributed by atoms with Crippen molar-refractivity contribution in [2.24, 2.45) is 28.2 Å². The highest BCUT2D eigenvalue weighted by atomic mass is 127. The lowest BCUT2D eigenvalue weighted by Crippen LogP contribution is -2.53. The lowest BCUT2D eigenvalue weighted by molar-refractivity contribution is -0.0492. The minimum atomic E-state index is -2.85. The van der Waals surface area contributed by atoms with Crippen LogP contribution in [-0.4, -0.2) is 45.5 Å². The molecular formula is C17H30IN3O2S. The summed E-state index contributed by atoms with van der Waals surface area (Å²) < 4.78 is 23.2. The van der Waals surface area contributed by atoms with Gasteiger partial charge in [-0.15, -0.1) is 24.0 Å². The predicted molar refractivity (Wildman–Crippen MR) is 108 cm³/mol. The Morgan fingerprint density at radius 2 is 1.71 bits per heavy atom. The van der Waals surface area contributed by atoms with Crippen molar-refractivity contribution in [3.8, 4) is 0 Å². The van der Waals surface area contributed by atoms with Crippen LogP contribution in [0, 0.1) is 23.2 Å². The van der Waals surface area contributed by atoms with Crippen molar-refractivity contribution in [1.82, 2.24) is 10.6 Å². The molecule has 4 bridgehead atoms. The predicted octanol–water partition coefficient (Wildman–Crippen LogP) is 2.17. The molecule has 0 aromatic carbocycles. The molecule has 0 amide bonds. The number of aliphatic imine (C=N–C) groups is 1. The summed E-state index contributed by atoms with van der Waals surface area (Å²) >= 11 is 0. The number of guanidine groups is 1. The van der Waals surface area contributed by atoms with Crippen molar-refractivity contribution in [3.63, 3.8) is 0 Å².